The molecule has 3 heteroatoms. The third-order valence-electron chi connectivity index (χ3n) is 1.32. The van der Waals surface area contributed by atoms with Gasteiger partial charge in [0.1, 0.15) is 0 Å². The standard InChI is InChI=1S/C5H10N2S/c1-3-4(2)8-5(6)7-3/h3-4H,1-2H3,(H2,6,7)/t3-,4-/m0/s1. The smallest absolute Gasteiger partial charge is 0.154 e. The molecule has 2 N–H and O–H groups in total. The molecular weight excluding hydrogens is 120 g/mol. The van der Waals surface area contributed by atoms with Crippen molar-refractivity contribution in [3.8, 4) is 0 Å². The monoisotopic (exact) mass is 130 g/mol. The first-order valence-electron chi connectivity index (χ1n) is 2.70. The van der Waals surface area contributed by atoms with E-state index in [1.807, 2.05) is 0 Å². The summed E-state index contributed by atoms with van der Waals surface area (Å²) in [6.07, 6.45) is 0. The molecule has 0 aromatic rings. The van der Waals surface area contributed by atoms with Gasteiger partial charge in [0.25, 0.3) is 0 Å². The maximum atomic E-state index is 5.43. The Hall–Kier alpha value is -0.180. The molecule has 0 unspecified atom stereocenters. The second-order valence-electron chi connectivity index (χ2n) is 2.03. The number of amidine groups is 1. The molecule has 0 radical (unpaired) electrons. The van der Waals surface area contributed by atoms with Crippen LogP contribution in [0.2, 0.25) is 0 Å². The first-order valence-corrected chi connectivity index (χ1v) is 3.58. The van der Waals surface area contributed by atoms with Crippen molar-refractivity contribution in [2.24, 2.45) is 10.7 Å². The minimum absolute atomic E-state index is 0.417. The molecule has 0 saturated carbocycles. The summed E-state index contributed by atoms with van der Waals surface area (Å²) in [7, 11) is 0. The highest BCUT2D eigenvalue weighted by Crippen LogP contribution is 2.23. The Morgan fingerprint density at radius 2 is 2.25 bits per heavy atom. The van der Waals surface area contributed by atoms with Crippen LogP contribution in [0.3, 0.4) is 0 Å². The Balaban J connectivity index is 2.56. The second-order valence-corrected chi connectivity index (χ2v) is 3.43. The topological polar surface area (TPSA) is 38.4 Å². The average molecular weight is 130 g/mol. The molecule has 2 nitrogen and oxygen atoms in total. The Morgan fingerprint density at radius 1 is 1.62 bits per heavy atom. The number of rotatable bonds is 0. The van der Waals surface area contributed by atoms with E-state index in [2.05, 4.69) is 18.8 Å². The van der Waals surface area contributed by atoms with Crippen LogP contribution >= 0.6 is 11.8 Å². The molecule has 0 fully saturated rings. The number of nitrogens with zero attached hydrogens (tertiary/aromatic N) is 1. The highest BCUT2D eigenvalue weighted by Gasteiger charge is 2.19. The minimum Gasteiger partial charge on any atom is -0.379 e. The molecule has 0 saturated heterocycles. The van der Waals surface area contributed by atoms with Crippen molar-refractivity contribution in [2.45, 2.75) is 25.1 Å². The van der Waals surface area contributed by atoms with E-state index < -0.39 is 0 Å². The van der Waals surface area contributed by atoms with E-state index in [1.165, 1.54) is 0 Å². The summed E-state index contributed by atoms with van der Waals surface area (Å²) in [4.78, 5) is 4.13. The van der Waals surface area contributed by atoms with Crippen LogP contribution in [0.5, 0.6) is 0 Å². The number of thioether (sulfide) groups is 1. The van der Waals surface area contributed by atoms with Crippen molar-refractivity contribution < 1.29 is 0 Å². The maximum absolute atomic E-state index is 5.43. The largest absolute Gasteiger partial charge is 0.379 e. The first-order chi connectivity index (χ1) is 3.70. The normalized spacial score (nSPS) is 37.5. The van der Waals surface area contributed by atoms with E-state index in [0.717, 1.165) is 5.17 Å². The Morgan fingerprint density at radius 3 is 2.38 bits per heavy atom. The first kappa shape index (κ1) is 5.95. The molecule has 1 aliphatic heterocycles. The van der Waals surface area contributed by atoms with Crippen molar-refractivity contribution in [3.63, 3.8) is 0 Å². The zero-order valence-electron chi connectivity index (χ0n) is 5.09. The van der Waals surface area contributed by atoms with E-state index in [9.17, 15) is 0 Å². The summed E-state index contributed by atoms with van der Waals surface area (Å²) in [6.45, 7) is 4.22. The fourth-order valence-electron chi connectivity index (χ4n) is 0.625. The van der Waals surface area contributed by atoms with Crippen LogP contribution in [0.15, 0.2) is 4.99 Å². The SMILES string of the molecule is C[C@@H]1N=C(N)S[C@H]1C. The lowest BCUT2D eigenvalue weighted by Crippen LogP contribution is -2.07. The van der Waals surface area contributed by atoms with Crippen LogP contribution in [0, 0.1) is 0 Å². The highest BCUT2D eigenvalue weighted by molar-refractivity contribution is 8.14. The van der Waals surface area contributed by atoms with Crippen LogP contribution in [-0.4, -0.2) is 16.5 Å². The van der Waals surface area contributed by atoms with E-state index >= 15 is 0 Å². The number of hydrogen-bond donors (Lipinski definition) is 1. The van der Waals surface area contributed by atoms with Crippen molar-refractivity contribution in [3.05, 3.63) is 0 Å². The van der Waals surface area contributed by atoms with Gasteiger partial charge in [0.2, 0.25) is 0 Å². The van der Waals surface area contributed by atoms with Crippen LogP contribution in [0.4, 0.5) is 0 Å². The summed E-state index contributed by atoms with van der Waals surface area (Å²) < 4.78 is 0. The van der Waals surface area contributed by atoms with E-state index in [0.29, 0.717) is 11.3 Å². The van der Waals surface area contributed by atoms with Crippen LogP contribution in [0.25, 0.3) is 0 Å². The lowest BCUT2D eigenvalue weighted by Gasteiger charge is -2.01. The molecule has 0 spiro atoms. The maximum Gasteiger partial charge on any atom is 0.154 e. The zero-order chi connectivity index (χ0) is 6.15. The Bertz CT molecular complexity index is 122. The molecule has 1 heterocycles. The molecule has 0 aliphatic carbocycles. The number of hydrogen-bond acceptors (Lipinski definition) is 3. The van der Waals surface area contributed by atoms with Gasteiger partial charge in [-0.2, -0.15) is 0 Å². The third-order valence-corrected chi connectivity index (χ3v) is 2.43. The molecule has 1 rings (SSSR count). The van der Waals surface area contributed by atoms with E-state index in [4.69, 9.17) is 5.73 Å². The van der Waals surface area contributed by atoms with Crippen molar-refractivity contribution in [1.29, 1.82) is 0 Å². The predicted molar refractivity (Wildman–Crippen MR) is 38.1 cm³/mol. The third kappa shape index (κ3) is 0.968. The summed E-state index contributed by atoms with van der Waals surface area (Å²) in [5.74, 6) is 0. The Labute approximate surface area is 53.6 Å². The molecule has 0 aromatic carbocycles. The van der Waals surface area contributed by atoms with E-state index in [1.54, 1.807) is 11.8 Å². The molecule has 2 atom stereocenters. The molecule has 0 amide bonds. The molecule has 46 valence electrons. The van der Waals surface area contributed by atoms with Gasteiger partial charge in [-0.15, -0.1) is 0 Å². The van der Waals surface area contributed by atoms with Gasteiger partial charge in [-0.3, -0.25) is 4.99 Å². The Kier molecular flexibility index (Phi) is 1.47. The summed E-state index contributed by atoms with van der Waals surface area (Å²) in [5.41, 5.74) is 5.43. The fraction of sp³-hybridized carbons (Fsp3) is 0.800. The minimum atomic E-state index is 0.417. The highest BCUT2D eigenvalue weighted by atomic mass is 32.2. The van der Waals surface area contributed by atoms with Crippen molar-refractivity contribution >= 4 is 16.9 Å². The molecule has 8 heavy (non-hydrogen) atoms. The van der Waals surface area contributed by atoms with Gasteiger partial charge in [-0.05, 0) is 6.92 Å². The van der Waals surface area contributed by atoms with Gasteiger partial charge in [-0.25, -0.2) is 0 Å². The number of aliphatic imine (C=N–C) groups is 1. The fourth-order valence-corrected chi connectivity index (χ4v) is 1.49. The number of nitrogens with two attached hydrogens (primary N) is 1. The summed E-state index contributed by atoms with van der Waals surface area (Å²) in [6, 6.07) is 0.417. The zero-order valence-corrected chi connectivity index (χ0v) is 5.90. The average Bonchev–Trinajstić information content (AvgIpc) is 1.85. The summed E-state index contributed by atoms with van der Waals surface area (Å²) >= 11 is 1.66. The van der Waals surface area contributed by atoms with Gasteiger partial charge in [0.15, 0.2) is 5.17 Å². The predicted octanol–water partition coefficient (Wildman–Crippen LogP) is 0.825. The van der Waals surface area contributed by atoms with Crippen LogP contribution < -0.4 is 5.73 Å². The second kappa shape index (κ2) is 1.97. The molecule has 0 bridgehead atoms. The van der Waals surface area contributed by atoms with Crippen molar-refractivity contribution in [1.82, 2.24) is 0 Å². The lowest BCUT2D eigenvalue weighted by molar-refractivity contribution is 0.749. The quantitative estimate of drug-likeness (QED) is 0.527. The van der Waals surface area contributed by atoms with Gasteiger partial charge in [0.05, 0.1) is 6.04 Å². The lowest BCUT2D eigenvalue weighted by atomic mass is 10.3. The van der Waals surface area contributed by atoms with Crippen LogP contribution in [-0.2, 0) is 0 Å². The van der Waals surface area contributed by atoms with Gasteiger partial charge < -0.3 is 5.73 Å². The van der Waals surface area contributed by atoms with Gasteiger partial charge in [-0.1, -0.05) is 18.7 Å². The summed E-state index contributed by atoms with van der Waals surface area (Å²) in [5, 5.41) is 1.32. The molecule has 1 aliphatic rings. The van der Waals surface area contributed by atoms with Gasteiger partial charge >= 0.3 is 0 Å². The molecule has 0 aromatic heterocycles. The van der Waals surface area contributed by atoms with Crippen LogP contribution in [0.1, 0.15) is 13.8 Å². The van der Waals surface area contributed by atoms with Gasteiger partial charge in [0, 0.05) is 5.25 Å². The van der Waals surface area contributed by atoms with Crippen molar-refractivity contribution in [2.75, 3.05) is 0 Å². The van der Waals surface area contributed by atoms with E-state index in [-0.39, 0.29) is 0 Å². The molecular formula is C5H10N2S.